The normalized spacial score (nSPS) is 15.9. The van der Waals surface area contributed by atoms with Gasteiger partial charge in [0, 0.05) is 41.2 Å². The molecule has 0 radical (unpaired) electrons. The summed E-state index contributed by atoms with van der Waals surface area (Å²) in [5.74, 6) is 0.245. The predicted octanol–water partition coefficient (Wildman–Crippen LogP) is 5.85. The Morgan fingerprint density at radius 2 is 1.70 bits per heavy atom. The number of pyridine rings is 1. The summed E-state index contributed by atoms with van der Waals surface area (Å²) < 4.78 is 29.1. The molecule has 1 fully saturated rings. The Kier molecular flexibility index (Phi) is 10.1. The molecule has 3 heterocycles. The summed E-state index contributed by atoms with van der Waals surface area (Å²) in [5.41, 5.74) is 0.818. The van der Waals surface area contributed by atoms with Crippen LogP contribution in [0.4, 0.5) is 15.4 Å². The molecule has 1 aliphatic rings. The molecule has 3 N–H and O–H groups in total. The van der Waals surface area contributed by atoms with Crippen molar-refractivity contribution in [3.8, 4) is 5.75 Å². The number of halogens is 1. The minimum Gasteiger partial charge on any atom is -0.488 e. The number of hydrogen-bond acceptors (Lipinski definition) is 8. The van der Waals surface area contributed by atoms with Gasteiger partial charge in [0.25, 0.3) is 0 Å². The van der Waals surface area contributed by atoms with Gasteiger partial charge in [0.05, 0.1) is 6.04 Å². The van der Waals surface area contributed by atoms with Crippen molar-refractivity contribution in [2.45, 2.75) is 79.1 Å². The summed E-state index contributed by atoms with van der Waals surface area (Å²) in [6.45, 7) is 15.6. The molecule has 1 unspecified atom stereocenters. The van der Waals surface area contributed by atoms with E-state index in [1.54, 1.807) is 47.6 Å². The summed E-state index contributed by atoms with van der Waals surface area (Å²) in [4.78, 5) is 33.2. The number of para-hydroxylation sites is 1. The van der Waals surface area contributed by atoms with Crippen molar-refractivity contribution in [3.05, 3.63) is 47.2 Å². The number of hydrogen-bond donors (Lipinski definition) is 3. The zero-order chi connectivity index (χ0) is 32.3. The lowest BCUT2D eigenvalue weighted by molar-refractivity contribution is 0.0343. The summed E-state index contributed by atoms with van der Waals surface area (Å²) in [7, 11) is -0.775. The maximum atomic E-state index is 12.8. The molecule has 4 rings (SSSR count). The second kappa shape index (κ2) is 13.3. The third-order valence-electron chi connectivity index (χ3n) is 6.39. The summed E-state index contributed by atoms with van der Waals surface area (Å²) in [5, 5.41) is 6.67. The van der Waals surface area contributed by atoms with Crippen molar-refractivity contribution in [2.75, 3.05) is 25.1 Å². The molecular weight excluding hydrogens is 587 g/mol. The lowest BCUT2D eigenvalue weighted by atomic mass is 9.76. The molecular formula is C31H42BClN4O7. The molecule has 2 aromatic heterocycles. The number of benzene rings is 1. The number of ether oxygens (including phenoxy) is 3. The first-order valence-electron chi connectivity index (χ1n) is 14.6. The Hall–Kier alpha value is -3.48. The van der Waals surface area contributed by atoms with Crippen LogP contribution in [-0.4, -0.2) is 66.3 Å². The van der Waals surface area contributed by atoms with E-state index in [2.05, 4.69) is 20.6 Å². The first-order valence-corrected chi connectivity index (χ1v) is 15.0. The van der Waals surface area contributed by atoms with Gasteiger partial charge in [-0.05, 0) is 65.7 Å². The average molecular weight is 629 g/mol. The molecule has 0 spiro atoms. The summed E-state index contributed by atoms with van der Waals surface area (Å²) in [6, 6.07) is 9.00. The Bertz CT molecular complexity index is 1470. The van der Waals surface area contributed by atoms with Gasteiger partial charge in [0.15, 0.2) is 11.6 Å². The molecule has 0 bridgehead atoms. The van der Waals surface area contributed by atoms with Gasteiger partial charge in [-0.1, -0.05) is 43.6 Å². The summed E-state index contributed by atoms with van der Waals surface area (Å²) in [6.07, 6.45) is 1.02. The molecule has 238 valence electrons. The zero-order valence-electron chi connectivity index (χ0n) is 26.6. The Labute approximate surface area is 263 Å². The highest BCUT2D eigenvalue weighted by atomic mass is 35.5. The molecule has 3 aromatic rings. The number of carbonyl (C=O) groups excluding carboxylic acids is 2. The maximum absolute atomic E-state index is 12.8. The van der Waals surface area contributed by atoms with Crippen molar-refractivity contribution < 1.29 is 33.1 Å². The quantitative estimate of drug-likeness (QED) is 0.209. The first kappa shape index (κ1) is 33.4. The number of aromatic amines is 1. The monoisotopic (exact) mass is 628 g/mol. The second-order valence-corrected chi connectivity index (χ2v) is 14.0. The van der Waals surface area contributed by atoms with E-state index in [0.29, 0.717) is 25.1 Å². The average Bonchev–Trinajstić information content (AvgIpc) is 3.29. The van der Waals surface area contributed by atoms with Crippen LogP contribution < -0.4 is 20.8 Å². The number of rotatable bonds is 8. The molecule has 13 heteroatoms. The molecule has 1 aliphatic heterocycles. The van der Waals surface area contributed by atoms with Crippen molar-refractivity contribution in [1.82, 2.24) is 15.3 Å². The largest absolute Gasteiger partial charge is 0.497 e. The van der Waals surface area contributed by atoms with E-state index >= 15 is 0 Å². The van der Waals surface area contributed by atoms with Crippen molar-refractivity contribution in [2.24, 2.45) is 5.41 Å². The van der Waals surface area contributed by atoms with E-state index in [-0.39, 0.29) is 28.7 Å². The minimum absolute atomic E-state index is 0.00388. The molecule has 0 aliphatic carbocycles. The van der Waals surface area contributed by atoms with Crippen LogP contribution in [0.2, 0.25) is 5.15 Å². The van der Waals surface area contributed by atoms with Gasteiger partial charge in [0.1, 0.15) is 23.0 Å². The van der Waals surface area contributed by atoms with Crippen LogP contribution in [0, 0.1) is 5.41 Å². The maximum Gasteiger partial charge on any atom is 0.497 e. The van der Waals surface area contributed by atoms with E-state index in [0.717, 1.165) is 16.5 Å². The van der Waals surface area contributed by atoms with E-state index < -0.39 is 36.5 Å². The molecule has 44 heavy (non-hydrogen) atoms. The van der Waals surface area contributed by atoms with Gasteiger partial charge in [-0.3, -0.25) is 5.32 Å². The van der Waals surface area contributed by atoms with Gasteiger partial charge < -0.3 is 33.8 Å². The van der Waals surface area contributed by atoms with Gasteiger partial charge in [-0.2, -0.15) is 0 Å². The number of fused-ring (bicyclic) bond motifs is 1. The van der Waals surface area contributed by atoms with E-state index in [9.17, 15) is 9.59 Å². The second-order valence-electron chi connectivity index (χ2n) is 13.7. The molecule has 2 amide bonds. The fraction of sp³-hybridized carbons (Fsp3) is 0.516. The van der Waals surface area contributed by atoms with E-state index in [4.69, 9.17) is 35.1 Å². The first-order chi connectivity index (χ1) is 20.5. The van der Waals surface area contributed by atoms with Crippen LogP contribution in [0.15, 0.2) is 36.5 Å². The third-order valence-corrected chi connectivity index (χ3v) is 6.70. The van der Waals surface area contributed by atoms with Crippen LogP contribution in [0.1, 0.15) is 61.0 Å². The molecule has 1 saturated heterocycles. The van der Waals surface area contributed by atoms with Crippen molar-refractivity contribution >= 4 is 53.1 Å². The van der Waals surface area contributed by atoms with E-state index in [1.165, 1.54) is 0 Å². The van der Waals surface area contributed by atoms with Gasteiger partial charge in [-0.15, -0.1) is 0 Å². The Morgan fingerprint density at radius 3 is 2.36 bits per heavy atom. The number of amides is 2. The molecule has 1 aromatic carbocycles. The highest BCUT2D eigenvalue weighted by molar-refractivity contribution is 6.65. The molecule has 11 nitrogen and oxygen atoms in total. The highest BCUT2D eigenvalue weighted by Crippen LogP contribution is 2.28. The lowest BCUT2D eigenvalue weighted by Crippen LogP contribution is -2.48. The Morgan fingerprint density at radius 1 is 1.07 bits per heavy atom. The fourth-order valence-electron chi connectivity index (χ4n) is 4.51. The van der Waals surface area contributed by atoms with Crippen molar-refractivity contribution in [3.63, 3.8) is 0 Å². The number of anilines is 1. The third kappa shape index (κ3) is 9.51. The van der Waals surface area contributed by atoms with Gasteiger partial charge >= 0.3 is 19.3 Å². The minimum atomic E-state index is -0.775. The standard InChI is InChI=1S/C31H42BClN4O7/c1-29(2,3)43-27(38)35-20(13-19-15-34-23-12-10-9-11-21(19)23)16-40-24-14-22(32-41-17-31(7,8)18-42-32)25(33)36-26(24)37-28(39)44-30(4,5)6/h9-12,14-15,20,34H,13,16-18H2,1-8H3,(H,35,38)(H,36,37,39). The highest BCUT2D eigenvalue weighted by Gasteiger charge is 2.36. The van der Waals surface area contributed by atoms with Crippen LogP contribution >= 0.6 is 11.6 Å². The zero-order valence-corrected chi connectivity index (χ0v) is 27.4. The number of carbonyl (C=O) groups is 2. The Balaban J connectivity index is 1.62. The van der Waals surface area contributed by atoms with Crippen LogP contribution in [-0.2, 0) is 25.2 Å². The smallest absolute Gasteiger partial charge is 0.488 e. The molecule has 1 atom stereocenters. The predicted molar refractivity (Wildman–Crippen MR) is 171 cm³/mol. The number of nitrogens with zero attached hydrogens (tertiary/aromatic N) is 1. The van der Waals surface area contributed by atoms with E-state index in [1.807, 2.05) is 44.3 Å². The summed E-state index contributed by atoms with van der Waals surface area (Å²) >= 11 is 6.57. The topological polar surface area (TPSA) is 133 Å². The number of aromatic nitrogens is 2. The van der Waals surface area contributed by atoms with Crippen molar-refractivity contribution in [1.29, 1.82) is 0 Å². The number of nitrogens with one attached hydrogen (secondary N) is 3. The number of H-pyrrole nitrogens is 1. The van der Waals surface area contributed by atoms with Crippen LogP contribution in [0.3, 0.4) is 0 Å². The van der Waals surface area contributed by atoms with Gasteiger partial charge in [0.2, 0.25) is 0 Å². The van der Waals surface area contributed by atoms with Crippen LogP contribution in [0.25, 0.3) is 10.9 Å². The van der Waals surface area contributed by atoms with Gasteiger partial charge in [-0.25, -0.2) is 14.6 Å². The van der Waals surface area contributed by atoms with Crippen LogP contribution in [0.5, 0.6) is 5.75 Å². The SMILES string of the molecule is CC1(C)COB(c2cc(OCC(Cc3c[nH]c4ccccc34)NC(=O)OC(C)(C)C)c(NC(=O)OC(C)(C)C)nc2Cl)OC1. The fourth-order valence-corrected chi connectivity index (χ4v) is 4.73. The number of alkyl carbamates (subject to hydrolysis) is 1. The lowest BCUT2D eigenvalue weighted by Gasteiger charge is -2.33. The molecule has 0 saturated carbocycles.